The van der Waals surface area contributed by atoms with Crippen LogP contribution < -0.4 is 4.74 Å². The van der Waals surface area contributed by atoms with E-state index in [1.807, 2.05) is 0 Å². The third-order valence-electron chi connectivity index (χ3n) is 3.89. The van der Waals surface area contributed by atoms with Crippen molar-refractivity contribution >= 4 is 11.5 Å². The zero-order valence-electron chi connectivity index (χ0n) is 13.4. The normalized spacial score (nSPS) is 10.8. The highest BCUT2D eigenvalue weighted by molar-refractivity contribution is 5.93. The highest BCUT2D eigenvalue weighted by atomic mass is 19.1. The Bertz CT molecular complexity index is 1090. The Morgan fingerprint density at radius 1 is 0.885 bits per heavy atom. The minimum absolute atomic E-state index is 0.215. The van der Waals surface area contributed by atoms with Crippen molar-refractivity contribution in [2.75, 3.05) is 0 Å². The van der Waals surface area contributed by atoms with E-state index in [2.05, 4.69) is 5.10 Å². The lowest BCUT2D eigenvalue weighted by Gasteiger charge is -2.06. The van der Waals surface area contributed by atoms with Crippen molar-refractivity contribution in [3.63, 3.8) is 0 Å². The van der Waals surface area contributed by atoms with E-state index < -0.39 is 11.8 Å². The van der Waals surface area contributed by atoms with Crippen molar-refractivity contribution in [3.8, 4) is 17.0 Å². The number of ether oxygens (including phenoxy) is 1. The zero-order chi connectivity index (χ0) is 18.1. The van der Waals surface area contributed by atoms with Gasteiger partial charge in [-0.2, -0.15) is 5.10 Å². The van der Waals surface area contributed by atoms with Gasteiger partial charge in [-0.3, -0.25) is 0 Å². The first-order valence-electron chi connectivity index (χ1n) is 7.83. The lowest BCUT2D eigenvalue weighted by molar-refractivity contribution is 0.0737. The number of aromatic nitrogens is 2. The van der Waals surface area contributed by atoms with Crippen molar-refractivity contribution in [1.82, 2.24) is 9.61 Å². The molecule has 0 N–H and O–H groups in total. The number of halogens is 2. The monoisotopic (exact) mass is 350 g/mol. The van der Waals surface area contributed by atoms with Crippen LogP contribution in [-0.2, 0) is 0 Å². The molecule has 2 aromatic heterocycles. The molecule has 2 aromatic carbocycles. The molecule has 4 aromatic rings. The van der Waals surface area contributed by atoms with Gasteiger partial charge >= 0.3 is 5.97 Å². The number of carbonyl (C=O) groups is 1. The minimum Gasteiger partial charge on any atom is -0.418 e. The Labute approximate surface area is 147 Å². The van der Waals surface area contributed by atoms with Crippen LogP contribution >= 0.6 is 0 Å². The number of rotatable bonds is 3. The van der Waals surface area contributed by atoms with Gasteiger partial charge in [-0.25, -0.2) is 18.1 Å². The Kier molecular flexibility index (Phi) is 3.93. The molecule has 4 nitrogen and oxygen atoms in total. The average molecular weight is 350 g/mol. The fourth-order valence-corrected chi connectivity index (χ4v) is 2.61. The van der Waals surface area contributed by atoms with Crippen LogP contribution in [-0.4, -0.2) is 15.6 Å². The van der Waals surface area contributed by atoms with Crippen LogP contribution in [0.3, 0.4) is 0 Å². The number of hydrogen-bond acceptors (Lipinski definition) is 3. The van der Waals surface area contributed by atoms with Crippen molar-refractivity contribution in [2.24, 2.45) is 0 Å². The van der Waals surface area contributed by atoms with Gasteiger partial charge in [-0.05, 0) is 60.7 Å². The third-order valence-corrected chi connectivity index (χ3v) is 3.89. The van der Waals surface area contributed by atoms with Gasteiger partial charge in [0.2, 0.25) is 0 Å². The van der Waals surface area contributed by atoms with Crippen LogP contribution in [0.2, 0.25) is 0 Å². The maximum absolute atomic E-state index is 13.2. The zero-order valence-corrected chi connectivity index (χ0v) is 13.4. The molecule has 128 valence electrons. The molecule has 0 aliphatic rings. The van der Waals surface area contributed by atoms with E-state index in [1.54, 1.807) is 41.0 Å². The van der Waals surface area contributed by atoms with E-state index in [0.29, 0.717) is 16.8 Å². The van der Waals surface area contributed by atoms with Gasteiger partial charge in [0.25, 0.3) is 0 Å². The number of carbonyl (C=O) groups excluding carboxylic acids is 1. The van der Waals surface area contributed by atoms with Crippen LogP contribution in [0.5, 0.6) is 5.75 Å². The summed E-state index contributed by atoms with van der Waals surface area (Å²) < 4.78 is 33.4. The van der Waals surface area contributed by atoms with E-state index >= 15 is 0 Å². The van der Waals surface area contributed by atoms with Crippen LogP contribution in [0, 0.1) is 11.6 Å². The van der Waals surface area contributed by atoms with Crippen LogP contribution in [0.15, 0.2) is 72.9 Å². The molecule has 0 aliphatic carbocycles. The molecule has 0 radical (unpaired) electrons. The molecular weight excluding hydrogens is 338 g/mol. The number of pyridine rings is 1. The summed E-state index contributed by atoms with van der Waals surface area (Å²) in [6.07, 6.45) is 1.72. The summed E-state index contributed by atoms with van der Waals surface area (Å²) in [5.41, 5.74) is 1.82. The molecule has 26 heavy (non-hydrogen) atoms. The highest BCUT2D eigenvalue weighted by Gasteiger charge is 2.20. The standard InChI is InChI=1S/C20H12F2N2O2/c21-15-8-4-13(5-9-15)18-19(17-3-1-2-12-24(17)23-18)26-20(25)14-6-10-16(22)11-7-14/h1-12H. The number of fused-ring (bicyclic) bond motifs is 1. The first kappa shape index (κ1) is 16.0. The number of nitrogens with zero attached hydrogens (tertiary/aromatic N) is 2. The lowest BCUT2D eigenvalue weighted by Crippen LogP contribution is -2.08. The number of benzene rings is 2. The van der Waals surface area contributed by atoms with Crippen molar-refractivity contribution < 1.29 is 18.3 Å². The fourth-order valence-electron chi connectivity index (χ4n) is 2.61. The maximum Gasteiger partial charge on any atom is 0.343 e. The first-order valence-corrected chi connectivity index (χ1v) is 7.83. The van der Waals surface area contributed by atoms with Crippen LogP contribution in [0.4, 0.5) is 8.78 Å². The molecule has 4 rings (SSSR count). The molecule has 0 bridgehead atoms. The van der Waals surface area contributed by atoms with E-state index in [9.17, 15) is 13.6 Å². The predicted molar refractivity (Wildman–Crippen MR) is 91.9 cm³/mol. The van der Waals surface area contributed by atoms with Gasteiger partial charge in [0, 0.05) is 11.8 Å². The molecule has 0 unspecified atom stereocenters. The van der Waals surface area contributed by atoms with Gasteiger partial charge in [-0.1, -0.05) is 6.07 Å². The van der Waals surface area contributed by atoms with Crippen molar-refractivity contribution in [2.45, 2.75) is 0 Å². The van der Waals surface area contributed by atoms with Crippen molar-refractivity contribution in [1.29, 1.82) is 0 Å². The quantitative estimate of drug-likeness (QED) is 0.511. The van der Waals surface area contributed by atoms with Gasteiger partial charge in [-0.15, -0.1) is 0 Å². The smallest absolute Gasteiger partial charge is 0.343 e. The van der Waals surface area contributed by atoms with E-state index in [4.69, 9.17) is 4.74 Å². The summed E-state index contributed by atoms with van der Waals surface area (Å²) in [6.45, 7) is 0. The molecule has 0 atom stereocenters. The van der Waals surface area contributed by atoms with Gasteiger partial charge in [0.1, 0.15) is 22.8 Å². The van der Waals surface area contributed by atoms with Crippen molar-refractivity contribution in [3.05, 3.63) is 90.1 Å². The summed E-state index contributed by atoms with van der Waals surface area (Å²) in [7, 11) is 0. The Morgan fingerprint density at radius 2 is 1.54 bits per heavy atom. The Hall–Kier alpha value is -3.54. The SMILES string of the molecule is O=C(Oc1c(-c2ccc(F)cc2)nn2ccccc12)c1ccc(F)cc1. The molecule has 0 aliphatic heterocycles. The molecule has 0 amide bonds. The second kappa shape index (κ2) is 6.40. The summed E-state index contributed by atoms with van der Waals surface area (Å²) in [5.74, 6) is -1.19. The van der Waals surface area contributed by atoms with E-state index in [1.165, 1.54) is 36.4 Å². The Balaban J connectivity index is 1.79. The highest BCUT2D eigenvalue weighted by Crippen LogP contribution is 2.34. The largest absolute Gasteiger partial charge is 0.418 e. The first-order chi connectivity index (χ1) is 12.6. The van der Waals surface area contributed by atoms with E-state index in [0.717, 1.165) is 0 Å². The van der Waals surface area contributed by atoms with Gasteiger partial charge in [0.15, 0.2) is 5.75 Å². The average Bonchev–Trinajstić information content (AvgIpc) is 3.01. The molecule has 0 saturated carbocycles. The predicted octanol–water partition coefficient (Wildman–Crippen LogP) is 4.50. The second-order valence-corrected chi connectivity index (χ2v) is 5.61. The molecule has 0 saturated heterocycles. The second-order valence-electron chi connectivity index (χ2n) is 5.61. The fraction of sp³-hybridized carbons (Fsp3) is 0. The van der Waals surface area contributed by atoms with Crippen LogP contribution in [0.1, 0.15) is 10.4 Å². The van der Waals surface area contributed by atoms with Gasteiger partial charge < -0.3 is 4.74 Å². The maximum atomic E-state index is 13.2. The molecular formula is C20H12F2N2O2. The number of hydrogen-bond donors (Lipinski definition) is 0. The number of esters is 1. The third kappa shape index (κ3) is 2.93. The topological polar surface area (TPSA) is 43.6 Å². The molecule has 2 heterocycles. The minimum atomic E-state index is -0.632. The molecule has 6 heteroatoms. The summed E-state index contributed by atoms with van der Waals surface area (Å²) in [6, 6.07) is 16.2. The lowest BCUT2D eigenvalue weighted by atomic mass is 10.1. The summed E-state index contributed by atoms with van der Waals surface area (Å²) >= 11 is 0. The Morgan fingerprint density at radius 3 is 2.23 bits per heavy atom. The summed E-state index contributed by atoms with van der Waals surface area (Å²) in [4.78, 5) is 12.5. The molecule has 0 spiro atoms. The molecule has 0 fully saturated rings. The van der Waals surface area contributed by atoms with Gasteiger partial charge in [0.05, 0.1) is 5.56 Å². The summed E-state index contributed by atoms with van der Waals surface area (Å²) in [5, 5.41) is 4.43. The van der Waals surface area contributed by atoms with E-state index in [-0.39, 0.29) is 17.1 Å². The van der Waals surface area contributed by atoms with Crippen LogP contribution in [0.25, 0.3) is 16.8 Å².